The van der Waals surface area contributed by atoms with Gasteiger partial charge in [0, 0.05) is 32.2 Å². The molecule has 0 amide bonds. The number of benzene rings is 1. The topological polar surface area (TPSA) is 15.3 Å². The molecule has 1 aliphatic heterocycles. The van der Waals surface area contributed by atoms with E-state index in [9.17, 15) is 13.2 Å². The molecule has 0 saturated carbocycles. The summed E-state index contributed by atoms with van der Waals surface area (Å²) in [5.41, 5.74) is -0.0388. The van der Waals surface area contributed by atoms with Gasteiger partial charge in [0.25, 0.3) is 0 Å². The highest BCUT2D eigenvalue weighted by atomic mass is 35.5. The predicted octanol–water partition coefficient (Wildman–Crippen LogP) is 4.35. The molecule has 0 aliphatic carbocycles. The molecule has 0 spiro atoms. The molecule has 6 heteroatoms. The van der Waals surface area contributed by atoms with Gasteiger partial charge in [0.05, 0.1) is 10.6 Å². The van der Waals surface area contributed by atoms with E-state index >= 15 is 0 Å². The van der Waals surface area contributed by atoms with Gasteiger partial charge in [0.2, 0.25) is 0 Å². The van der Waals surface area contributed by atoms with Gasteiger partial charge in [-0.15, -0.1) is 0 Å². The lowest BCUT2D eigenvalue weighted by atomic mass is 9.89. The Morgan fingerprint density at radius 1 is 1.27 bits per heavy atom. The third-order valence-electron chi connectivity index (χ3n) is 4.37. The van der Waals surface area contributed by atoms with Crippen LogP contribution in [0.25, 0.3) is 0 Å². The molecule has 1 fully saturated rings. The normalized spacial score (nSPS) is 19.9. The standard InChI is InChI=1S/C16H22ClF3N2/c1-3-11(2)15(22-8-6-21-7-9-22)12-4-5-14(17)13(10-12)16(18,19)20/h4-5,10-11,15,21H,3,6-9H2,1-2H3/t11?,15-/m0/s1. The Labute approximate surface area is 134 Å². The minimum Gasteiger partial charge on any atom is -0.314 e. The van der Waals surface area contributed by atoms with E-state index in [2.05, 4.69) is 24.1 Å². The average Bonchev–Trinajstić information content (AvgIpc) is 2.49. The van der Waals surface area contributed by atoms with Crippen molar-refractivity contribution in [3.63, 3.8) is 0 Å². The first-order valence-electron chi connectivity index (χ1n) is 7.66. The second-order valence-corrected chi connectivity index (χ2v) is 6.26. The first-order valence-corrected chi connectivity index (χ1v) is 8.03. The first-order chi connectivity index (χ1) is 10.3. The Bertz CT molecular complexity index is 499. The van der Waals surface area contributed by atoms with Crippen molar-refractivity contribution < 1.29 is 13.2 Å². The number of nitrogens with one attached hydrogen (secondary N) is 1. The van der Waals surface area contributed by atoms with Gasteiger partial charge in [-0.3, -0.25) is 4.90 Å². The molecule has 1 N–H and O–H groups in total. The van der Waals surface area contributed by atoms with Crippen LogP contribution < -0.4 is 5.32 Å². The SMILES string of the molecule is CCC(C)[C@@H](c1ccc(Cl)c(C(F)(F)F)c1)N1CCNCC1. The molecule has 1 saturated heterocycles. The van der Waals surface area contributed by atoms with Gasteiger partial charge in [-0.1, -0.05) is 37.9 Å². The summed E-state index contributed by atoms with van der Waals surface area (Å²) >= 11 is 5.74. The predicted molar refractivity (Wildman–Crippen MR) is 83.1 cm³/mol. The number of piperazine rings is 1. The van der Waals surface area contributed by atoms with Crippen molar-refractivity contribution in [2.45, 2.75) is 32.5 Å². The van der Waals surface area contributed by atoms with Gasteiger partial charge < -0.3 is 5.32 Å². The Kier molecular flexibility index (Phi) is 5.75. The summed E-state index contributed by atoms with van der Waals surface area (Å²) in [5.74, 6) is 0.278. The maximum atomic E-state index is 13.1. The fourth-order valence-electron chi connectivity index (χ4n) is 3.03. The highest BCUT2D eigenvalue weighted by Crippen LogP contribution is 2.39. The molecule has 1 aromatic rings. The third kappa shape index (κ3) is 3.94. The summed E-state index contributed by atoms with van der Waals surface area (Å²) in [6, 6.07) is 4.32. The van der Waals surface area contributed by atoms with Crippen molar-refractivity contribution in [3.8, 4) is 0 Å². The van der Waals surface area contributed by atoms with Crippen molar-refractivity contribution in [1.82, 2.24) is 10.2 Å². The van der Waals surface area contributed by atoms with E-state index in [1.807, 2.05) is 0 Å². The Morgan fingerprint density at radius 3 is 2.45 bits per heavy atom. The molecule has 1 unspecified atom stereocenters. The van der Waals surface area contributed by atoms with Crippen LogP contribution in [0.1, 0.15) is 37.4 Å². The summed E-state index contributed by atoms with van der Waals surface area (Å²) in [7, 11) is 0. The van der Waals surface area contributed by atoms with Gasteiger partial charge >= 0.3 is 6.18 Å². The second kappa shape index (κ2) is 7.20. The van der Waals surface area contributed by atoms with Crippen LogP contribution in [0.15, 0.2) is 18.2 Å². The number of halogens is 4. The van der Waals surface area contributed by atoms with Crippen molar-refractivity contribution in [2.24, 2.45) is 5.92 Å². The molecule has 0 bridgehead atoms. The lowest BCUT2D eigenvalue weighted by Crippen LogP contribution is -2.46. The van der Waals surface area contributed by atoms with E-state index in [0.717, 1.165) is 32.6 Å². The zero-order chi connectivity index (χ0) is 16.3. The highest BCUT2D eigenvalue weighted by molar-refractivity contribution is 6.31. The summed E-state index contributed by atoms with van der Waals surface area (Å²) in [6.45, 7) is 7.59. The maximum Gasteiger partial charge on any atom is 0.417 e. The molecule has 2 nitrogen and oxygen atoms in total. The van der Waals surface area contributed by atoms with Crippen LogP contribution in [0.5, 0.6) is 0 Å². The highest BCUT2D eigenvalue weighted by Gasteiger charge is 2.35. The van der Waals surface area contributed by atoms with E-state index in [4.69, 9.17) is 11.6 Å². The average molecular weight is 335 g/mol. The van der Waals surface area contributed by atoms with Crippen LogP contribution in [0.3, 0.4) is 0 Å². The molecule has 1 aromatic carbocycles. The first kappa shape index (κ1) is 17.6. The van der Waals surface area contributed by atoms with Crippen molar-refractivity contribution in [1.29, 1.82) is 0 Å². The number of alkyl halides is 3. The van der Waals surface area contributed by atoms with E-state index in [-0.39, 0.29) is 17.0 Å². The number of hydrogen-bond donors (Lipinski definition) is 1. The van der Waals surface area contributed by atoms with Crippen LogP contribution >= 0.6 is 11.6 Å². The Hall–Kier alpha value is -0.780. The molecule has 1 heterocycles. The summed E-state index contributed by atoms with van der Waals surface area (Å²) in [4.78, 5) is 2.27. The smallest absolute Gasteiger partial charge is 0.314 e. The summed E-state index contributed by atoms with van der Waals surface area (Å²) in [6.07, 6.45) is -3.50. The Morgan fingerprint density at radius 2 is 1.91 bits per heavy atom. The van der Waals surface area contributed by atoms with Gasteiger partial charge in [-0.25, -0.2) is 0 Å². The fraction of sp³-hybridized carbons (Fsp3) is 0.625. The molecule has 2 rings (SSSR count). The van der Waals surface area contributed by atoms with E-state index in [1.165, 1.54) is 12.1 Å². The monoisotopic (exact) mass is 334 g/mol. The van der Waals surface area contributed by atoms with Crippen LogP contribution in [0.4, 0.5) is 13.2 Å². The van der Waals surface area contributed by atoms with Crippen LogP contribution in [0, 0.1) is 5.92 Å². The number of rotatable bonds is 4. The zero-order valence-electron chi connectivity index (χ0n) is 12.9. The lowest BCUT2D eigenvalue weighted by Gasteiger charge is -2.38. The molecule has 124 valence electrons. The maximum absolute atomic E-state index is 13.1. The lowest BCUT2D eigenvalue weighted by molar-refractivity contribution is -0.137. The quantitative estimate of drug-likeness (QED) is 0.880. The van der Waals surface area contributed by atoms with Gasteiger partial charge in [-0.2, -0.15) is 13.2 Å². The van der Waals surface area contributed by atoms with Crippen molar-refractivity contribution >= 4 is 11.6 Å². The van der Waals surface area contributed by atoms with Gasteiger partial charge in [-0.05, 0) is 23.6 Å². The molecule has 2 atom stereocenters. The molecular weight excluding hydrogens is 313 g/mol. The largest absolute Gasteiger partial charge is 0.417 e. The van der Waals surface area contributed by atoms with Crippen molar-refractivity contribution in [3.05, 3.63) is 34.3 Å². The van der Waals surface area contributed by atoms with Crippen LogP contribution in [-0.4, -0.2) is 31.1 Å². The molecular formula is C16H22ClF3N2. The molecule has 1 aliphatic rings. The number of nitrogens with zero attached hydrogens (tertiary/aromatic N) is 1. The van der Waals surface area contributed by atoms with E-state index in [1.54, 1.807) is 6.07 Å². The van der Waals surface area contributed by atoms with Gasteiger partial charge in [0.1, 0.15) is 0 Å². The summed E-state index contributed by atoms with van der Waals surface area (Å²) < 4.78 is 39.3. The minimum atomic E-state index is -4.42. The van der Waals surface area contributed by atoms with Gasteiger partial charge in [0.15, 0.2) is 0 Å². The zero-order valence-corrected chi connectivity index (χ0v) is 13.6. The van der Waals surface area contributed by atoms with E-state index < -0.39 is 11.7 Å². The summed E-state index contributed by atoms with van der Waals surface area (Å²) in [5, 5.41) is 3.04. The fourth-order valence-corrected chi connectivity index (χ4v) is 3.25. The molecule has 0 aromatic heterocycles. The third-order valence-corrected chi connectivity index (χ3v) is 4.69. The second-order valence-electron chi connectivity index (χ2n) is 5.85. The van der Waals surface area contributed by atoms with Crippen LogP contribution in [-0.2, 0) is 6.18 Å². The molecule has 22 heavy (non-hydrogen) atoms. The minimum absolute atomic E-state index is 0.00883. The van der Waals surface area contributed by atoms with Crippen molar-refractivity contribution in [2.75, 3.05) is 26.2 Å². The molecule has 0 radical (unpaired) electrons. The van der Waals surface area contributed by atoms with E-state index in [0.29, 0.717) is 5.56 Å². The number of hydrogen-bond acceptors (Lipinski definition) is 2. The Balaban J connectivity index is 2.39. The van der Waals surface area contributed by atoms with Crippen LogP contribution in [0.2, 0.25) is 5.02 Å².